The molecular formula is C15H27NO4. The molecule has 0 amide bonds. The Kier molecular flexibility index (Phi) is 6.42. The Morgan fingerprint density at radius 1 is 1.35 bits per heavy atom. The molecule has 1 N–H and O–H groups in total. The van der Waals surface area contributed by atoms with E-state index in [2.05, 4.69) is 4.90 Å². The van der Waals surface area contributed by atoms with Crippen LogP contribution in [0, 0.1) is 5.92 Å². The van der Waals surface area contributed by atoms with Gasteiger partial charge in [-0.2, -0.15) is 0 Å². The summed E-state index contributed by atoms with van der Waals surface area (Å²) < 4.78 is 10.3. The van der Waals surface area contributed by atoms with E-state index in [0.29, 0.717) is 38.2 Å². The number of methoxy groups -OCH3 is 1. The van der Waals surface area contributed by atoms with Gasteiger partial charge in [0.1, 0.15) is 5.78 Å². The van der Waals surface area contributed by atoms with Crippen LogP contribution in [0.15, 0.2) is 0 Å². The van der Waals surface area contributed by atoms with Crippen LogP contribution >= 0.6 is 0 Å². The molecule has 5 heteroatoms. The van der Waals surface area contributed by atoms with Gasteiger partial charge in [-0.3, -0.25) is 9.69 Å². The summed E-state index contributed by atoms with van der Waals surface area (Å²) in [6, 6.07) is 0.346. The molecule has 3 unspecified atom stereocenters. The first-order valence-electron chi connectivity index (χ1n) is 7.74. The number of carbonyl (C=O) groups is 1. The minimum Gasteiger partial charge on any atom is -0.389 e. The van der Waals surface area contributed by atoms with Gasteiger partial charge in [0.25, 0.3) is 0 Å². The molecule has 2 rings (SSSR count). The van der Waals surface area contributed by atoms with E-state index in [4.69, 9.17) is 9.47 Å². The van der Waals surface area contributed by atoms with Crippen LogP contribution in [0.5, 0.6) is 0 Å². The van der Waals surface area contributed by atoms with E-state index in [-0.39, 0.29) is 5.92 Å². The number of carbonyl (C=O) groups excluding carboxylic acids is 1. The summed E-state index contributed by atoms with van der Waals surface area (Å²) in [5, 5.41) is 10.0. The Morgan fingerprint density at radius 2 is 2.20 bits per heavy atom. The Morgan fingerprint density at radius 3 is 2.90 bits per heavy atom. The van der Waals surface area contributed by atoms with Gasteiger partial charge in [0, 0.05) is 32.0 Å². The lowest BCUT2D eigenvalue weighted by molar-refractivity contribution is -0.122. The van der Waals surface area contributed by atoms with Crippen molar-refractivity contribution < 1.29 is 19.4 Å². The van der Waals surface area contributed by atoms with Crippen molar-refractivity contribution in [3.05, 3.63) is 0 Å². The summed E-state index contributed by atoms with van der Waals surface area (Å²) in [5.74, 6) is 0.631. The number of nitrogens with zero attached hydrogens (tertiary/aromatic N) is 1. The molecule has 2 fully saturated rings. The summed E-state index contributed by atoms with van der Waals surface area (Å²) in [6.45, 7) is 3.00. The highest BCUT2D eigenvalue weighted by Gasteiger charge is 2.38. The molecule has 1 saturated heterocycles. The molecule has 1 aliphatic carbocycles. The first kappa shape index (κ1) is 15.9. The number of ether oxygens (including phenoxy) is 2. The average Bonchev–Trinajstić information content (AvgIpc) is 3.03. The summed E-state index contributed by atoms with van der Waals surface area (Å²) >= 11 is 0. The van der Waals surface area contributed by atoms with Crippen molar-refractivity contribution in [2.75, 3.05) is 40.0 Å². The minimum atomic E-state index is -0.482. The van der Waals surface area contributed by atoms with Gasteiger partial charge >= 0.3 is 0 Å². The molecule has 2 aliphatic rings. The topological polar surface area (TPSA) is 59.0 Å². The van der Waals surface area contributed by atoms with Gasteiger partial charge in [-0.25, -0.2) is 0 Å². The number of aliphatic hydroxyl groups is 1. The number of Topliss-reactive ketones (excluding diaryl/α,β-unsaturated/α-hetero) is 1. The summed E-state index contributed by atoms with van der Waals surface area (Å²) in [6.07, 6.45) is 4.55. The fourth-order valence-electron chi connectivity index (χ4n) is 3.47. The molecule has 0 radical (unpaired) electrons. The maximum atomic E-state index is 11.9. The van der Waals surface area contributed by atoms with Gasteiger partial charge in [0.2, 0.25) is 0 Å². The van der Waals surface area contributed by atoms with Gasteiger partial charge in [0.05, 0.1) is 25.9 Å². The Bertz CT molecular complexity index is 310. The molecule has 1 heterocycles. The third-order valence-electron chi connectivity index (χ3n) is 4.42. The van der Waals surface area contributed by atoms with Gasteiger partial charge in [-0.1, -0.05) is 0 Å². The number of β-amino-alcohol motifs (C(OH)–C–C–N with tert-alkyl or cyclic N) is 1. The minimum absolute atomic E-state index is 0.208. The Hall–Kier alpha value is -0.490. The second-order valence-corrected chi connectivity index (χ2v) is 5.89. The van der Waals surface area contributed by atoms with Crippen molar-refractivity contribution in [2.24, 2.45) is 5.92 Å². The number of rotatable bonds is 8. The molecule has 20 heavy (non-hydrogen) atoms. The van der Waals surface area contributed by atoms with Crippen LogP contribution in [-0.4, -0.2) is 68.0 Å². The molecule has 5 nitrogen and oxygen atoms in total. The maximum Gasteiger partial charge on any atom is 0.137 e. The first-order valence-corrected chi connectivity index (χ1v) is 7.74. The fraction of sp³-hybridized carbons (Fsp3) is 0.933. The number of hydrogen-bond acceptors (Lipinski definition) is 5. The van der Waals surface area contributed by atoms with E-state index in [9.17, 15) is 9.90 Å². The van der Waals surface area contributed by atoms with Crippen molar-refractivity contribution in [3.63, 3.8) is 0 Å². The molecule has 0 spiro atoms. The van der Waals surface area contributed by atoms with E-state index in [1.807, 2.05) is 0 Å². The van der Waals surface area contributed by atoms with Crippen molar-refractivity contribution >= 4 is 5.78 Å². The molecule has 116 valence electrons. The maximum absolute atomic E-state index is 11.9. The molecule has 0 aromatic carbocycles. The molecule has 1 saturated carbocycles. The molecule has 3 atom stereocenters. The quantitative estimate of drug-likeness (QED) is 0.670. The molecule has 1 aliphatic heterocycles. The van der Waals surface area contributed by atoms with Gasteiger partial charge in [-0.05, 0) is 32.2 Å². The van der Waals surface area contributed by atoms with Crippen LogP contribution in [0.1, 0.15) is 32.1 Å². The van der Waals surface area contributed by atoms with E-state index in [1.54, 1.807) is 7.11 Å². The molecular weight excluding hydrogens is 258 g/mol. The standard InChI is InChI=1S/C15H27NO4/c1-19-8-9-20-11-12(17)10-16-7-3-5-14(16)13-4-2-6-15(13)18/h12-14,17H,2-11H2,1H3. The SMILES string of the molecule is COCCOCC(O)CN1CCCC1C1CCCC1=O. The van der Waals surface area contributed by atoms with Crippen LogP contribution < -0.4 is 0 Å². The third kappa shape index (κ3) is 4.25. The lowest BCUT2D eigenvalue weighted by Gasteiger charge is -2.30. The van der Waals surface area contributed by atoms with Crippen LogP contribution in [0.3, 0.4) is 0 Å². The van der Waals surface area contributed by atoms with Crippen molar-refractivity contribution in [1.82, 2.24) is 4.90 Å². The van der Waals surface area contributed by atoms with Crippen molar-refractivity contribution in [1.29, 1.82) is 0 Å². The number of ketones is 1. The van der Waals surface area contributed by atoms with Crippen LogP contribution in [0.4, 0.5) is 0 Å². The van der Waals surface area contributed by atoms with E-state index < -0.39 is 6.10 Å². The van der Waals surface area contributed by atoms with E-state index >= 15 is 0 Å². The Labute approximate surface area is 121 Å². The van der Waals surface area contributed by atoms with Gasteiger partial charge in [-0.15, -0.1) is 0 Å². The van der Waals surface area contributed by atoms with E-state index in [1.165, 1.54) is 0 Å². The summed E-state index contributed by atoms with van der Waals surface area (Å²) in [7, 11) is 1.63. The highest BCUT2D eigenvalue weighted by Crippen LogP contribution is 2.33. The normalized spacial score (nSPS) is 29.2. The Balaban J connectivity index is 1.74. The van der Waals surface area contributed by atoms with Gasteiger partial charge in [0.15, 0.2) is 0 Å². The predicted octanol–water partition coefficient (Wildman–Crippen LogP) is 0.844. The summed E-state index contributed by atoms with van der Waals surface area (Å²) in [5.41, 5.74) is 0. The zero-order valence-corrected chi connectivity index (χ0v) is 12.4. The first-order chi connectivity index (χ1) is 9.72. The summed E-state index contributed by atoms with van der Waals surface area (Å²) in [4.78, 5) is 14.2. The molecule has 0 aromatic heterocycles. The monoisotopic (exact) mass is 285 g/mol. The second-order valence-electron chi connectivity index (χ2n) is 5.89. The lowest BCUT2D eigenvalue weighted by Crippen LogP contribution is -2.42. The van der Waals surface area contributed by atoms with Crippen LogP contribution in [0.2, 0.25) is 0 Å². The second kappa shape index (κ2) is 8.08. The fourth-order valence-corrected chi connectivity index (χ4v) is 3.47. The zero-order chi connectivity index (χ0) is 14.4. The van der Waals surface area contributed by atoms with Gasteiger partial charge < -0.3 is 14.6 Å². The lowest BCUT2D eigenvalue weighted by atomic mass is 9.95. The molecule has 0 aromatic rings. The van der Waals surface area contributed by atoms with Crippen LogP contribution in [0.25, 0.3) is 0 Å². The zero-order valence-electron chi connectivity index (χ0n) is 12.4. The highest BCUT2D eigenvalue weighted by atomic mass is 16.5. The highest BCUT2D eigenvalue weighted by molar-refractivity contribution is 5.83. The molecule has 0 bridgehead atoms. The van der Waals surface area contributed by atoms with Crippen LogP contribution in [-0.2, 0) is 14.3 Å². The predicted molar refractivity (Wildman–Crippen MR) is 75.6 cm³/mol. The van der Waals surface area contributed by atoms with E-state index in [0.717, 1.165) is 38.6 Å². The number of hydrogen-bond donors (Lipinski definition) is 1. The smallest absolute Gasteiger partial charge is 0.137 e. The number of aliphatic hydroxyl groups excluding tert-OH is 1. The third-order valence-corrected chi connectivity index (χ3v) is 4.42. The van der Waals surface area contributed by atoms with Crippen molar-refractivity contribution in [2.45, 2.75) is 44.2 Å². The van der Waals surface area contributed by atoms with Crippen molar-refractivity contribution in [3.8, 4) is 0 Å². The average molecular weight is 285 g/mol. The largest absolute Gasteiger partial charge is 0.389 e. The number of likely N-dealkylation sites (tertiary alicyclic amines) is 1.